The van der Waals surface area contributed by atoms with Crippen molar-refractivity contribution in [3.63, 3.8) is 0 Å². The van der Waals surface area contributed by atoms with E-state index in [1.807, 2.05) is 26.0 Å². The second kappa shape index (κ2) is 13.1. The van der Waals surface area contributed by atoms with Gasteiger partial charge in [-0.3, -0.25) is 9.59 Å². The number of rotatable bonds is 12. The van der Waals surface area contributed by atoms with Crippen LogP contribution in [0.25, 0.3) is 21.8 Å². The lowest BCUT2D eigenvalue weighted by Gasteiger charge is -2.04. The number of ether oxygens (including phenoxy) is 2. The Kier molecular flexibility index (Phi) is 9.33. The Balaban J connectivity index is 1.42. The van der Waals surface area contributed by atoms with E-state index in [4.69, 9.17) is 9.47 Å². The molecule has 2 aromatic carbocycles. The van der Waals surface area contributed by atoms with Crippen molar-refractivity contribution in [3.8, 4) is 23.3 Å². The molecule has 0 aliphatic rings. The number of fused-ring (bicyclic) bond motifs is 2. The summed E-state index contributed by atoms with van der Waals surface area (Å²) in [7, 11) is 3.08. The molecule has 4 aromatic rings. The largest absolute Gasteiger partial charge is 0.497 e. The van der Waals surface area contributed by atoms with Gasteiger partial charge in [0.2, 0.25) is 11.8 Å². The second-order valence-corrected chi connectivity index (χ2v) is 9.45. The summed E-state index contributed by atoms with van der Waals surface area (Å²) >= 11 is 0. The summed E-state index contributed by atoms with van der Waals surface area (Å²) in [6.07, 6.45) is 1.68. The van der Waals surface area contributed by atoms with Crippen molar-refractivity contribution in [1.82, 2.24) is 9.13 Å². The van der Waals surface area contributed by atoms with Crippen LogP contribution in [0.1, 0.15) is 46.0 Å². The minimum absolute atomic E-state index is 0.0410. The minimum Gasteiger partial charge on any atom is -0.497 e. The summed E-state index contributed by atoms with van der Waals surface area (Å²) in [5.74, 6) is -0.0682. The third kappa shape index (κ3) is 6.21. The summed E-state index contributed by atoms with van der Waals surface area (Å²) in [4.78, 5) is 24.8. The van der Waals surface area contributed by atoms with Gasteiger partial charge in [0.25, 0.3) is 11.8 Å². The molecule has 0 aliphatic heterocycles. The average molecular weight is 563 g/mol. The van der Waals surface area contributed by atoms with Crippen molar-refractivity contribution < 1.29 is 29.3 Å². The van der Waals surface area contributed by atoms with E-state index in [9.17, 15) is 19.8 Å². The highest BCUT2D eigenvalue weighted by molar-refractivity contribution is 5.97. The first-order valence-electron chi connectivity index (χ1n) is 13.5. The number of carbonyl (C=O) groups excluding carboxylic acids is 2. The van der Waals surface area contributed by atoms with E-state index in [1.165, 1.54) is 0 Å². The topological polar surface area (TPSA) is 152 Å². The van der Waals surface area contributed by atoms with Gasteiger partial charge in [-0.2, -0.15) is 0 Å². The molecule has 4 rings (SSSR count). The number of methoxy groups -OCH3 is 2. The van der Waals surface area contributed by atoms with Crippen LogP contribution in [0.15, 0.2) is 56.9 Å². The Labute approximate surface area is 236 Å². The van der Waals surface area contributed by atoms with Crippen LogP contribution in [0, 0.1) is 0 Å². The summed E-state index contributed by atoms with van der Waals surface area (Å²) in [5.41, 5.74) is 1.88. The van der Waals surface area contributed by atoms with Gasteiger partial charge in [-0.15, -0.1) is 20.5 Å². The summed E-state index contributed by atoms with van der Waals surface area (Å²) in [5, 5.41) is 38.3. The maximum absolute atomic E-state index is 12.4. The highest BCUT2D eigenvalue weighted by atomic mass is 16.5. The number of aromatic nitrogens is 2. The first-order chi connectivity index (χ1) is 19.8. The SMILES string of the molecule is CCCn1c(O)c(N=NC(=O)CCCC(=O)N=Nc2c(O)n(CCC)c3ccc(OC)cc23)c2cc(OC)ccc21. The first-order valence-corrected chi connectivity index (χ1v) is 13.5. The van der Waals surface area contributed by atoms with Crippen LogP contribution in [-0.4, -0.2) is 45.4 Å². The molecule has 0 aliphatic carbocycles. The molecular weight excluding hydrogens is 528 g/mol. The summed E-state index contributed by atoms with van der Waals surface area (Å²) < 4.78 is 14.0. The Morgan fingerprint density at radius 1 is 0.732 bits per heavy atom. The monoisotopic (exact) mass is 562 g/mol. The Morgan fingerprint density at radius 3 is 1.51 bits per heavy atom. The number of benzene rings is 2. The molecule has 0 saturated heterocycles. The molecule has 0 unspecified atom stereocenters. The predicted molar refractivity (Wildman–Crippen MR) is 154 cm³/mol. The van der Waals surface area contributed by atoms with Gasteiger partial charge in [0, 0.05) is 36.7 Å². The lowest BCUT2D eigenvalue weighted by Crippen LogP contribution is -1.97. The molecule has 41 heavy (non-hydrogen) atoms. The van der Waals surface area contributed by atoms with Gasteiger partial charge in [0.05, 0.1) is 25.3 Å². The Bertz CT molecular complexity index is 1510. The van der Waals surface area contributed by atoms with E-state index in [0.717, 1.165) is 23.9 Å². The molecule has 12 nitrogen and oxygen atoms in total. The standard InChI is InChI=1S/C29H34N6O6/c1-5-14-34-22-12-10-18(40-3)16-20(22)26(28(34)38)32-30-24(36)8-7-9-25(37)31-33-27-21-17-19(41-4)11-13-23(21)35(15-6-2)29(27)39/h10-13,16-17,38-39H,5-9,14-15H2,1-4H3. The number of carbonyl (C=O) groups is 2. The predicted octanol–water partition coefficient (Wildman–Crippen LogP) is 6.94. The molecule has 12 heteroatoms. The van der Waals surface area contributed by atoms with Crippen LogP contribution < -0.4 is 9.47 Å². The third-order valence-corrected chi connectivity index (χ3v) is 6.63. The summed E-state index contributed by atoms with van der Waals surface area (Å²) in [6.45, 7) is 5.12. The van der Waals surface area contributed by atoms with E-state index < -0.39 is 11.8 Å². The van der Waals surface area contributed by atoms with Crippen molar-refractivity contribution in [2.45, 2.75) is 59.0 Å². The quantitative estimate of drug-likeness (QED) is 0.178. The molecule has 0 radical (unpaired) electrons. The molecule has 0 saturated carbocycles. The number of aryl methyl sites for hydroxylation is 2. The van der Waals surface area contributed by atoms with Crippen LogP contribution in [0.2, 0.25) is 0 Å². The second-order valence-electron chi connectivity index (χ2n) is 9.45. The molecule has 0 bridgehead atoms. The Hall–Kier alpha value is -4.74. The highest BCUT2D eigenvalue weighted by Gasteiger charge is 2.19. The number of aromatic hydroxyl groups is 2. The van der Waals surface area contributed by atoms with E-state index in [2.05, 4.69) is 20.5 Å². The average Bonchev–Trinajstić information content (AvgIpc) is 3.39. The van der Waals surface area contributed by atoms with Crippen LogP contribution in [0.3, 0.4) is 0 Å². The fourth-order valence-corrected chi connectivity index (χ4v) is 4.66. The van der Waals surface area contributed by atoms with Crippen molar-refractivity contribution >= 4 is 45.0 Å². The maximum Gasteiger partial charge on any atom is 0.264 e. The van der Waals surface area contributed by atoms with E-state index in [1.54, 1.807) is 47.6 Å². The number of nitrogens with zero attached hydrogens (tertiary/aromatic N) is 6. The molecule has 2 N–H and O–H groups in total. The molecule has 216 valence electrons. The zero-order valence-electron chi connectivity index (χ0n) is 23.6. The number of hydrogen-bond acceptors (Lipinski definition) is 8. The number of azo groups is 2. The fraction of sp³-hybridized carbons (Fsp3) is 0.379. The van der Waals surface area contributed by atoms with E-state index in [-0.39, 0.29) is 42.4 Å². The van der Waals surface area contributed by atoms with Crippen molar-refractivity contribution in [1.29, 1.82) is 0 Å². The molecule has 2 aromatic heterocycles. The molecule has 2 heterocycles. The van der Waals surface area contributed by atoms with Crippen LogP contribution in [0.4, 0.5) is 11.4 Å². The molecule has 2 amide bonds. The molecule has 0 atom stereocenters. The van der Waals surface area contributed by atoms with E-state index in [0.29, 0.717) is 35.4 Å². The van der Waals surface area contributed by atoms with Gasteiger partial charge < -0.3 is 28.8 Å². The smallest absolute Gasteiger partial charge is 0.264 e. The maximum atomic E-state index is 12.4. The van der Waals surface area contributed by atoms with Crippen LogP contribution in [0.5, 0.6) is 23.3 Å². The molecule has 0 fully saturated rings. The zero-order valence-corrected chi connectivity index (χ0v) is 23.6. The van der Waals surface area contributed by atoms with Gasteiger partial charge in [-0.25, -0.2) is 0 Å². The van der Waals surface area contributed by atoms with Crippen LogP contribution >= 0.6 is 0 Å². The fourth-order valence-electron chi connectivity index (χ4n) is 4.66. The van der Waals surface area contributed by atoms with Gasteiger partial charge in [0.1, 0.15) is 11.5 Å². The van der Waals surface area contributed by atoms with Crippen LogP contribution in [-0.2, 0) is 22.7 Å². The highest BCUT2D eigenvalue weighted by Crippen LogP contribution is 2.42. The van der Waals surface area contributed by atoms with Gasteiger partial charge >= 0.3 is 0 Å². The molecular formula is C29H34N6O6. The normalized spacial score (nSPS) is 11.8. The van der Waals surface area contributed by atoms with Gasteiger partial charge in [-0.05, 0) is 55.7 Å². The zero-order chi connectivity index (χ0) is 29.5. The molecule has 0 spiro atoms. The Morgan fingerprint density at radius 2 is 1.15 bits per heavy atom. The van der Waals surface area contributed by atoms with E-state index >= 15 is 0 Å². The lowest BCUT2D eigenvalue weighted by atomic mass is 10.2. The number of amides is 2. The summed E-state index contributed by atoms with van der Waals surface area (Å²) in [6, 6.07) is 10.7. The van der Waals surface area contributed by atoms with Crippen molar-refractivity contribution in [2.75, 3.05) is 14.2 Å². The van der Waals surface area contributed by atoms with Gasteiger partial charge in [-0.1, -0.05) is 13.8 Å². The number of hydrogen-bond donors (Lipinski definition) is 2. The minimum atomic E-state index is -0.541. The van der Waals surface area contributed by atoms with Crippen molar-refractivity contribution in [2.24, 2.45) is 20.5 Å². The third-order valence-electron chi connectivity index (χ3n) is 6.63. The lowest BCUT2D eigenvalue weighted by molar-refractivity contribution is -0.119. The van der Waals surface area contributed by atoms with Gasteiger partial charge in [0.15, 0.2) is 11.4 Å². The first kappa shape index (κ1) is 29.2. The van der Waals surface area contributed by atoms with Crippen molar-refractivity contribution in [3.05, 3.63) is 36.4 Å².